The zero-order valence-electron chi connectivity index (χ0n) is 20.1. The van der Waals surface area contributed by atoms with E-state index < -0.39 is 41.8 Å². The summed E-state index contributed by atoms with van der Waals surface area (Å²) < 4.78 is 89.6. The molecule has 3 atom stereocenters. The molecule has 2 saturated carbocycles. The predicted octanol–water partition coefficient (Wildman–Crippen LogP) is 8.28. The van der Waals surface area contributed by atoms with Crippen molar-refractivity contribution in [2.75, 3.05) is 0 Å². The van der Waals surface area contributed by atoms with Gasteiger partial charge < -0.3 is 9.47 Å². The number of ether oxygens (including phenoxy) is 2. The first-order chi connectivity index (χ1) is 17.1. The SMILES string of the molecule is CCCC1CCC(C2CCC(C(=O)Oc3ccc4c(F)c(OC(F)(F)F)c(F)cc4c3)C(F)C2)CC1. The number of alkyl halides is 4. The Bertz CT molecular complexity index is 1080. The highest BCUT2D eigenvalue weighted by Crippen LogP contribution is 2.43. The van der Waals surface area contributed by atoms with Gasteiger partial charge in [0.1, 0.15) is 11.9 Å². The van der Waals surface area contributed by atoms with Crippen molar-refractivity contribution in [3.63, 3.8) is 0 Å². The summed E-state index contributed by atoms with van der Waals surface area (Å²) in [6, 6.07) is 4.03. The fourth-order valence-electron chi connectivity index (χ4n) is 5.95. The van der Waals surface area contributed by atoms with Gasteiger partial charge in [0.2, 0.25) is 5.75 Å². The molecule has 0 heterocycles. The molecule has 0 radical (unpaired) electrons. The summed E-state index contributed by atoms with van der Waals surface area (Å²) in [5.41, 5.74) is 0. The Hall–Kier alpha value is -2.45. The number of halogens is 6. The number of hydrogen-bond acceptors (Lipinski definition) is 3. The summed E-state index contributed by atoms with van der Waals surface area (Å²) in [5.74, 6) is -4.87. The molecule has 4 rings (SSSR count). The average Bonchev–Trinajstić information content (AvgIpc) is 2.81. The third-order valence-corrected chi connectivity index (χ3v) is 7.76. The van der Waals surface area contributed by atoms with Crippen molar-refractivity contribution >= 4 is 16.7 Å². The number of esters is 1. The van der Waals surface area contributed by atoms with E-state index in [-0.39, 0.29) is 22.4 Å². The fourth-order valence-corrected chi connectivity index (χ4v) is 5.95. The van der Waals surface area contributed by atoms with Gasteiger partial charge in [-0.3, -0.25) is 4.79 Å². The largest absolute Gasteiger partial charge is 0.573 e. The van der Waals surface area contributed by atoms with Crippen molar-refractivity contribution in [1.82, 2.24) is 0 Å². The molecule has 0 N–H and O–H groups in total. The highest BCUT2D eigenvalue weighted by Gasteiger charge is 2.40. The Morgan fingerprint density at radius 1 is 1.00 bits per heavy atom. The lowest BCUT2D eigenvalue weighted by molar-refractivity contribution is -0.276. The summed E-state index contributed by atoms with van der Waals surface area (Å²) in [6.45, 7) is 2.19. The standard InChI is InChI=1S/C27H30F6O3/c1-2-3-15-4-6-16(7-5-15)17-8-10-21(22(28)13-17)26(34)35-19-9-11-20-18(12-19)14-23(29)25(24(20)30)36-27(31,32)33/h9,11-12,14-17,21-22H,2-8,10,13H2,1H3. The van der Waals surface area contributed by atoms with Crippen LogP contribution in [-0.4, -0.2) is 18.5 Å². The monoisotopic (exact) mass is 516 g/mol. The number of carbonyl (C=O) groups excluding carboxylic acids is 1. The Morgan fingerprint density at radius 2 is 1.69 bits per heavy atom. The van der Waals surface area contributed by atoms with Crippen molar-refractivity contribution in [2.24, 2.45) is 23.7 Å². The van der Waals surface area contributed by atoms with Crippen LogP contribution in [0.1, 0.15) is 64.7 Å². The Balaban J connectivity index is 1.38. The van der Waals surface area contributed by atoms with Gasteiger partial charge in [-0.25, -0.2) is 13.2 Å². The van der Waals surface area contributed by atoms with Gasteiger partial charge in [0, 0.05) is 5.39 Å². The minimum Gasteiger partial charge on any atom is -0.426 e. The Morgan fingerprint density at radius 3 is 2.33 bits per heavy atom. The first-order valence-electron chi connectivity index (χ1n) is 12.6. The summed E-state index contributed by atoms with van der Waals surface area (Å²) >= 11 is 0. The van der Waals surface area contributed by atoms with E-state index >= 15 is 4.39 Å². The molecule has 2 fully saturated rings. The van der Waals surface area contributed by atoms with Crippen molar-refractivity contribution in [1.29, 1.82) is 0 Å². The molecule has 2 aromatic rings. The van der Waals surface area contributed by atoms with Crippen LogP contribution in [0.5, 0.6) is 11.5 Å². The molecule has 198 valence electrons. The second kappa shape index (κ2) is 10.9. The van der Waals surface area contributed by atoms with Crippen LogP contribution in [0.15, 0.2) is 24.3 Å². The van der Waals surface area contributed by atoms with Crippen molar-refractivity contribution < 1.29 is 40.6 Å². The predicted molar refractivity (Wildman–Crippen MR) is 122 cm³/mol. The maximum Gasteiger partial charge on any atom is 0.573 e. The maximum atomic E-state index is 15.0. The molecule has 0 spiro atoms. The third kappa shape index (κ3) is 6.09. The van der Waals surface area contributed by atoms with Crippen LogP contribution < -0.4 is 9.47 Å². The molecule has 0 amide bonds. The lowest BCUT2D eigenvalue weighted by Gasteiger charge is -2.38. The summed E-state index contributed by atoms with van der Waals surface area (Å²) in [6.07, 6.45) is 1.86. The number of carbonyl (C=O) groups is 1. The lowest BCUT2D eigenvalue weighted by Crippen LogP contribution is -2.37. The molecule has 9 heteroatoms. The van der Waals surface area contributed by atoms with Crippen LogP contribution in [0.25, 0.3) is 10.8 Å². The molecule has 0 aliphatic heterocycles. The minimum atomic E-state index is -5.26. The number of benzene rings is 2. The Labute approximate surface area is 206 Å². The normalized spacial score (nSPS) is 27.1. The summed E-state index contributed by atoms with van der Waals surface area (Å²) in [7, 11) is 0. The van der Waals surface area contributed by atoms with Gasteiger partial charge in [-0.1, -0.05) is 32.6 Å². The van der Waals surface area contributed by atoms with Crippen LogP contribution in [0.3, 0.4) is 0 Å². The van der Waals surface area contributed by atoms with Crippen molar-refractivity contribution in [2.45, 2.75) is 77.2 Å². The van der Waals surface area contributed by atoms with Gasteiger partial charge in [0.15, 0.2) is 11.6 Å². The summed E-state index contributed by atoms with van der Waals surface area (Å²) in [5, 5.41) is -0.461. The van der Waals surface area contributed by atoms with E-state index in [1.165, 1.54) is 31.7 Å². The van der Waals surface area contributed by atoms with Crippen LogP contribution in [0, 0.1) is 35.3 Å². The topological polar surface area (TPSA) is 35.5 Å². The first-order valence-corrected chi connectivity index (χ1v) is 12.6. The van der Waals surface area contributed by atoms with Gasteiger partial charge in [0.05, 0.1) is 5.92 Å². The fraction of sp³-hybridized carbons (Fsp3) is 0.593. The highest BCUT2D eigenvalue weighted by molar-refractivity contribution is 5.87. The average molecular weight is 517 g/mol. The van der Waals surface area contributed by atoms with E-state index in [2.05, 4.69) is 11.7 Å². The molecule has 2 aliphatic carbocycles. The zero-order chi connectivity index (χ0) is 26.0. The molecule has 3 unspecified atom stereocenters. The molecule has 3 nitrogen and oxygen atoms in total. The number of fused-ring (bicyclic) bond motifs is 1. The molecule has 36 heavy (non-hydrogen) atoms. The molecule has 2 aromatic carbocycles. The van der Waals surface area contributed by atoms with Crippen LogP contribution >= 0.6 is 0 Å². The van der Waals surface area contributed by atoms with E-state index in [0.717, 1.165) is 37.3 Å². The maximum absolute atomic E-state index is 15.0. The quantitative estimate of drug-likeness (QED) is 0.220. The third-order valence-electron chi connectivity index (χ3n) is 7.76. The number of hydrogen-bond donors (Lipinski definition) is 0. The highest BCUT2D eigenvalue weighted by atomic mass is 19.4. The lowest BCUT2D eigenvalue weighted by atomic mass is 9.68. The summed E-state index contributed by atoms with van der Waals surface area (Å²) in [4.78, 5) is 12.7. The number of rotatable bonds is 6. The first kappa shape index (κ1) is 26.6. The molecular weight excluding hydrogens is 486 g/mol. The smallest absolute Gasteiger partial charge is 0.426 e. The van der Waals surface area contributed by atoms with E-state index in [9.17, 15) is 26.7 Å². The van der Waals surface area contributed by atoms with Crippen LogP contribution in [-0.2, 0) is 4.79 Å². The zero-order valence-corrected chi connectivity index (χ0v) is 20.1. The van der Waals surface area contributed by atoms with E-state index in [0.29, 0.717) is 24.8 Å². The van der Waals surface area contributed by atoms with Crippen LogP contribution in [0.4, 0.5) is 26.3 Å². The molecular formula is C27H30F6O3. The van der Waals surface area contributed by atoms with Gasteiger partial charge in [-0.2, -0.15) is 0 Å². The van der Waals surface area contributed by atoms with Crippen molar-refractivity contribution in [3.8, 4) is 11.5 Å². The van der Waals surface area contributed by atoms with E-state index in [1.807, 2.05) is 0 Å². The van der Waals surface area contributed by atoms with E-state index in [4.69, 9.17) is 4.74 Å². The van der Waals surface area contributed by atoms with Crippen LogP contribution in [0.2, 0.25) is 0 Å². The Kier molecular flexibility index (Phi) is 8.05. The van der Waals surface area contributed by atoms with Gasteiger partial charge >= 0.3 is 12.3 Å². The second-order valence-electron chi connectivity index (χ2n) is 10.1. The minimum absolute atomic E-state index is 0.0700. The molecule has 2 aliphatic rings. The second-order valence-corrected chi connectivity index (χ2v) is 10.1. The molecule has 0 bridgehead atoms. The van der Waals surface area contributed by atoms with Gasteiger partial charge in [-0.05, 0) is 79.5 Å². The van der Waals surface area contributed by atoms with Crippen molar-refractivity contribution in [3.05, 3.63) is 35.9 Å². The molecule has 0 saturated heterocycles. The van der Waals surface area contributed by atoms with Gasteiger partial charge in [0.25, 0.3) is 0 Å². The van der Waals surface area contributed by atoms with Gasteiger partial charge in [-0.15, -0.1) is 13.2 Å². The molecule has 0 aromatic heterocycles. The van der Waals surface area contributed by atoms with E-state index in [1.54, 1.807) is 0 Å².